The lowest BCUT2D eigenvalue weighted by Crippen LogP contribution is -2.47. The van der Waals surface area contributed by atoms with E-state index in [4.69, 9.17) is 0 Å². The summed E-state index contributed by atoms with van der Waals surface area (Å²) in [6.07, 6.45) is -4.12. The van der Waals surface area contributed by atoms with E-state index >= 15 is 0 Å². The SMILES string of the molecule is Cn1nc(CN2CCC(C(F)(F)F)C2(C)C)[nH]c1=O. The minimum absolute atomic E-state index is 0.0770. The first kappa shape index (κ1) is 14.1. The number of nitrogens with zero attached hydrogens (tertiary/aromatic N) is 3. The standard InChI is InChI=1S/C11H17F3N4O/c1-10(2)7(11(12,13)14)4-5-18(10)6-8-15-9(19)17(3)16-8/h7H,4-6H2,1-3H3,(H,15,16,19). The zero-order chi connectivity index (χ0) is 14.4. The number of aryl methyl sites for hydroxylation is 1. The van der Waals surface area contributed by atoms with E-state index in [0.717, 1.165) is 4.68 Å². The Balaban J connectivity index is 2.17. The number of halogens is 3. The number of H-pyrrole nitrogens is 1. The van der Waals surface area contributed by atoms with Crippen molar-refractivity contribution in [1.82, 2.24) is 19.7 Å². The Morgan fingerprint density at radius 3 is 2.53 bits per heavy atom. The Bertz CT molecular complexity index is 517. The quantitative estimate of drug-likeness (QED) is 0.886. The third kappa shape index (κ3) is 2.54. The Morgan fingerprint density at radius 1 is 1.47 bits per heavy atom. The number of rotatable bonds is 2. The first-order valence-electron chi connectivity index (χ1n) is 6.06. The highest BCUT2D eigenvalue weighted by Gasteiger charge is 2.54. The van der Waals surface area contributed by atoms with Crippen LogP contribution in [0.1, 0.15) is 26.1 Å². The van der Waals surface area contributed by atoms with Crippen LogP contribution in [0.5, 0.6) is 0 Å². The highest BCUT2D eigenvalue weighted by molar-refractivity contribution is 5.00. The largest absolute Gasteiger partial charge is 0.393 e. The highest BCUT2D eigenvalue weighted by atomic mass is 19.4. The van der Waals surface area contributed by atoms with Crippen LogP contribution in [0.25, 0.3) is 0 Å². The second kappa shape index (κ2) is 4.36. The van der Waals surface area contributed by atoms with Crippen LogP contribution in [0.4, 0.5) is 13.2 Å². The van der Waals surface area contributed by atoms with Crippen molar-refractivity contribution in [1.29, 1.82) is 0 Å². The normalized spacial score (nSPS) is 24.0. The van der Waals surface area contributed by atoms with Crippen LogP contribution in [0.3, 0.4) is 0 Å². The maximum Gasteiger partial charge on any atom is 0.393 e. The summed E-state index contributed by atoms with van der Waals surface area (Å²) in [6, 6.07) is 0. The van der Waals surface area contributed by atoms with Crippen LogP contribution in [0, 0.1) is 5.92 Å². The molecule has 0 aromatic carbocycles. The van der Waals surface area contributed by atoms with Gasteiger partial charge in [0.2, 0.25) is 0 Å². The number of nitrogens with one attached hydrogen (secondary N) is 1. The van der Waals surface area contributed by atoms with Crippen molar-refractivity contribution in [3.05, 3.63) is 16.3 Å². The number of hydrogen-bond acceptors (Lipinski definition) is 3. The number of alkyl halides is 3. The summed E-state index contributed by atoms with van der Waals surface area (Å²) in [5.74, 6) is -0.959. The molecule has 5 nitrogen and oxygen atoms in total. The molecule has 1 aliphatic rings. The molecule has 8 heteroatoms. The van der Waals surface area contributed by atoms with Gasteiger partial charge in [-0.15, -0.1) is 0 Å². The molecule has 0 aliphatic carbocycles. The molecular weight excluding hydrogens is 261 g/mol. The molecule has 19 heavy (non-hydrogen) atoms. The molecule has 0 amide bonds. The van der Waals surface area contributed by atoms with E-state index in [-0.39, 0.29) is 18.7 Å². The van der Waals surface area contributed by atoms with Gasteiger partial charge in [0.25, 0.3) is 0 Å². The lowest BCUT2D eigenvalue weighted by molar-refractivity contribution is -0.192. The summed E-state index contributed by atoms with van der Waals surface area (Å²) in [7, 11) is 1.50. The number of likely N-dealkylation sites (tertiary alicyclic amines) is 1. The third-order valence-corrected chi connectivity index (χ3v) is 3.91. The Labute approximate surface area is 108 Å². The van der Waals surface area contributed by atoms with Gasteiger partial charge in [0.05, 0.1) is 12.5 Å². The van der Waals surface area contributed by atoms with E-state index in [1.165, 1.54) is 7.05 Å². The average molecular weight is 278 g/mol. The predicted molar refractivity (Wildman–Crippen MR) is 62.5 cm³/mol. The highest BCUT2D eigenvalue weighted by Crippen LogP contribution is 2.44. The molecule has 108 valence electrons. The van der Waals surface area contributed by atoms with Gasteiger partial charge in [-0.1, -0.05) is 0 Å². The van der Waals surface area contributed by atoms with Crippen molar-refractivity contribution < 1.29 is 13.2 Å². The van der Waals surface area contributed by atoms with Crippen LogP contribution in [0.15, 0.2) is 4.79 Å². The van der Waals surface area contributed by atoms with Crippen molar-refractivity contribution in [2.75, 3.05) is 6.54 Å². The molecular formula is C11H17F3N4O. The fourth-order valence-corrected chi connectivity index (χ4v) is 2.70. The van der Waals surface area contributed by atoms with Crippen LogP contribution in [0.2, 0.25) is 0 Å². The second-order valence-corrected chi connectivity index (χ2v) is 5.46. The molecule has 1 unspecified atom stereocenters. The van der Waals surface area contributed by atoms with Crippen molar-refractivity contribution in [2.24, 2.45) is 13.0 Å². The van der Waals surface area contributed by atoms with Gasteiger partial charge in [0.15, 0.2) is 0 Å². The summed E-state index contributed by atoms with van der Waals surface area (Å²) >= 11 is 0. The third-order valence-electron chi connectivity index (χ3n) is 3.91. The Morgan fingerprint density at radius 2 is 2.11 bits per heavy atom. The lowest BCUT2D eigenvalue weighted by atomic mass is 9.88. The minimum Gasteiger partial charge on any atom is -0.292 e. The van der Waals surface area contributed by atoms with E-state index in [2.05, 4.69) is 10.1 Å². The monoisotopic (exact) mass is 278 g/mol. The smallest absolute Gasteiger partial charge is 0.292 e. The zero-order valence-electron chi connectivity index (χ0n) is 11.1. The Kier molecular flexibility index (Phi) is 3.24. The molecule has 0 saturated carbocycles. The van der Waals surface area contributed by atoms with Gasteiger partial charge in [-0.3, -0.25) is 9.88 Å². The maximum atomic E-state index is 12.9. The van der Waals surface area contributed by atoms with Crippen LogP contribution in [-0.4, -0.2) is 37.9 Å². The van der Waals surface area contributed by atoms with E-state index in [1.54, 1.807) is 18.7 Å². The van der Waals surface area contributed by atoms with Crippen molar-refractivity contribution in [2.45, 2.75) is 38.5 Å². The van der Waals surface area contributed by atoms with Crippen LogP contribution in [-0.2, 0) is 13.6 Å². The fraction of sp³-hybridized carbons (Fsp3) is 0.818. The van der Waals surface area contributed by atoms with Gasteiger partial charge < -0.3 is 0 Å². The summed E-state index contributed by atoms with van der Waals surface area (Å²) in [5, 5.41) is 3.95. The van der Waals surface area contributed by atoms with Crippen molar-refractivity contribution in [3.63, 3.8) is 0 Å². The van der Waals surface area contributed by atoms with E-state index in [9.17, 15) is 18.0 Å². The first-order valence-corrected chi connectivity index (χ1v) is 6.06. The second-order valence-electron chi connectivity index (χ2n) is 5.46. The number of aromatic amines is 1. The molecule has 2 heterocycles. The Hall–Kier alpha value is -1.31. The molecule has 1 atom stereocenters. The first-order chi connectivity index (χ1) is 8.62. The molecule has 1 aliphatic heterocycles. The molecule has 0 bridgehead atoms. The van der Waals surface area contributed by atoms with Crippen LogP contribution < -0.4 is 5.69 Å². The summed E-state index contributed by atoms with van der Waals surface area (Å²) < 4.78 is 39.9. The van der Waals surface area contributed by atoms with E-state index < -0.39 is 17.6 Å². The van der Waals surface area contributed by atoms with Gasteiger partial charge in [0, 0.05) is 12.6 Å². The average Bonchev–Trinajstić information content (AvgIpc) is 2.68. The predicted octanol–water partition coefficient (Wildman–Crippen LogP) is 1.27. The number of aromatic nitrogens is 3. The zero-order valence-corrected chi connectivity index (χ0v) is 11.1. The summed E-state index contributed by atoms with van der Waals surface area (Å²) in [6.45, 7) is 3.73. The van der Waals surface area contributed by atoms with Crippen molar-refractivity contribution >= 4 is 0 Å². The van der Waals surface area contributed by atoms with Gasteiger partial charge in [-0.2, -0.15) is 18.3 Å². The number of hydrogen-bond donors (Lipinski definition) is 1. The molecule has 1 aromatic heterocycles. The minimum atomic E-state index is -4.20. The lowest BCUT2D eigenvalue weighted by Gasteiger charge is -2.36. The molecule has 1 aromatic rings. The molecule has 0 spiro atoms. The van der Waals surface area contributed by atoms with Gasteiger partial charge in [-0.05, 0) is 26.8 Å². The van der Waals surface area contributed by atoms with E-state index in [1.807, 2.05) is 0 Å². The summed E-state index contributed by atoms with van der Waals surface area (Å²) in [4.78, 5) is 15.5. The van der Waals surface area contributed by atoms with Gasteiger partial charge >= 0.3 is 11.9 Å². The van der Waals surface area contributed by atoms with Crippen molar-refractivity contribution in [3.8, 4) is 0 Å². The molecule has 1 saturated heterocycles. The molecule has 1 N–H and O–H groups in total. The summed E-state index contributed by atoms with van der Waals surface area (Å²) in [5.41, 5.74) is -1.36. The van der Waals surface area contributed by atoms with Gasteiger partial charge in [0.1, 0.15) is 5.82 Å². The fourth-order valence-electron chi connectivity index (χ4n) is 2.70. The van der Waals surface area contributed by atoms with E-state index in [0.29, 0.717) is 12.4 Å². The van der Waals surface area contributed by atoms with Gasteiger partial charge in [-0.25, -0.2) is 9.48 Å². The molecule has 1 fully saturated rings. The topological polar surface area (TPSA) is 53.9 Å². The molecule has 0 radical (unpaired) electrons. The van der Waals surface area contributed by atoms with Crippen LogP contribution >= 0.6 is 0 Å². The molecule has 2 rings (SSSR count). The maximum absolute atomic E-state index is 12.9.